The monoisotopic (exact) mass is 528 g/mol. The Morgan fingerprint density at radius 1 is 1.31 bits per heavy atom. The van der Waals surface area contributed by atoms with Crippen molar-refractivity contribution in [2.45, 2.75) is 52.5 Å². The molecule has 1 amide bonds. The predicted molar refractivity (Wildman–Crippen MR) is 147 cm³/mol. The minimum absolute atomic E-state index is 0.0508. The molecule has 0 saturated heterocycles. The molecule has 9 heteroatoms. The molecule has 192 valence electrons. The van der Waals surface area contributed by atoms with Gasteiger partial charge in [0.15, 0.2) is 0 Å². The summed E-state index contributed by atoms with van der Waals surface area (Å²) in [5.41, 5.74) is 2.74. The number of halogens is 1. The van der Waals surface area contributed by atoms with Crippen molar-refractivity contribution in [3.05, 3.63) is 86.2 Å². The first-order valence-corrected chi connectivity index (χ1v) is 13.6. The highest BCUT2D eigenvalue weighted by molar-refractivity contribution is 7.87. The second-order valence-corrected chi connectivity index (χ2v) is 10.8. The second kappa shape index (κ2) is 12.9. The molecule has 0 radical (unpaired) electrons. The van der Waals surface area contributed by atoms with E-state index in [1.54, 1.807) is 36.1 Å². The number of rotatable bonds is 10. The molecule has 2 N–H and O–H groups in total. The van der Waals surface area contributed by atoms with Crippen LogP contribution in [0.3, 0.4) is 0 Å². The summed E-state index contributed by atoms with van der Waals surface area (Å²) in [5, 5.41) is 0.609. The highest BCUT2D eigenvalue weighted by Gasteiger charge is 2.31. The van der Waals surface area contributed by atoms with Gasteiger partial charge in [-0.2, -0.15) is 0 Å². The summed E-state index contributed by atoms with van der Waals surface area (Å²) < 4.78 is 15.3. The summed E-state index contributed by atoms with van der Waals surface area (Å²) in [6, 6.07) is 7.17. The van der Waals surface area contributed by atoms with Gasteiger partial charge < -0.3 is 9.88 Å². The Labute approximate surface area is 220 Å². The van der Waals surface area contributed by atoms with Crippen LogP contribution in [0.15, 0.2) is 64.3 Å². The largest absolute Gasteiger partial charge is 0.336 e. The Kier molecular flexibility index (Phi) is 9.98. The van der Waals surface area contributed by atoms with Crippen molar-refractivity contribution in [2.75, 3.05) is 13.1 Å². The number of H-pyrrole nitrogens is 1. The molecular weight excluding hydrogens is 496 g/mol. The number of amides is 1. The minimum Gasteiger partial charge on any atom is -0.336 e. The van der Waals surface area contributed by atoms with Crippen LogP contribution in [0.2, 0.25) is 5.02 Å². The molecule has 2 unspecified atom stereocenters. The number of unbranched alkanes of at least 4 members (excludes halogenated alkanes) is 1. The van der Waals surface area contributed by atoms with E-state index in [0.29, 0.717) is 27.9 Å². The Balaban J connectivity index is 1.79. The Bertz CT molecular complexity index is 1250. The van der Waals surface area contributed by atoms with E-state index in [1.165, 1.54) is 0 Å². The molecule has 7 nitrogen and oxygen atoms in total. The van der Waals surface area contributed by atoms with Crippen molar-refractivity contribution in [3.8, 4) is 11.4 Å². The zero-order valence-corrected chi connectivity index (χ0v) is 22.5. The van der Waals surface area contributed by atoms with Gasteiger partial charge in [0, 0.05) is 28.0 Å². The van der Waals surface area contributed by atoms with E-state index >= 15 is 0 Å². The van der Waals surface area contributed by atoms with Crippen LogP contribution in [0.4, 0.5) is 0 Å². The van der Waals surface area contributed by atoms with E-state index in [4.69, 9.17) is 16.6 Å². The van der Waals surface area contributed by atoms with Crippen molar-refractivity contribution < 1.29 is 9.00 Å². The molecule has 1 aliphatic heterocycles. The summed E-state index contributed by atoms with van der Waals surface area (Å²) in [7, 11) is -1.50. The van der Waals surface area contributed by atoms with Gasteiger partial charge in [-0.1, -0.05) is 55.7 Å². The first kappa shape index (κ1) is 27.8. The van der Waals surface area contributed by atoms with Crippen LogP contribution >= 0.6 is 11.6 Å². The van der Waals surface area contributed by atoms with Gasteiger partial charge in [0.05, 0.1) is 24.3 Å². The van der Waals surface area contributed by atoms with Gasteiger partial charge in [-0.25, -0.2) is 13.9 Å². The Hall–Kier alpha value is -2.81. The average Bonchev–Trinajstić information content (AvgIpc) is 2.88. The van der Waals surface area contributed by atoms with E-state index in [-0.39, 0.29) is 30.5 Å². The van der Waals surface area contributed by atoms with E-state index in [9.17, 15) is 13.8 Å². The fraction of sp³-hybridized carbons (Fsp3) is 0.370. The third-order valence-corrected chi connectivity index (χ3v) is 7.53. The molecule has 36 heavy (non-hydrogen) atoms. The van der Waals surface area contributed by atoms with Gasteiger partial charge in [0.25, 0.3) is 5.56 Å². The molecule has 0 saturated carbocycles. The second-order valence-electron chi connectivity index (χ2n) is 8.88. The van der Waals surface area contributed by atoms with Crippen LogP contribution in [0.5, 0.6) is 0 Å². The maximum atomic E-state index is 13.1. The fourth-order valence-corrected chi connectivity index (χ4v) is 4.76. The number of aromatic amines is 1. The van der Waals surface area contributed by atoms with Gasteiger partial charge in [0.2, 0.25) is 5.91 Å². The van der Waals surface area contributed by atoms with Crippen LogP contribution < -0.4 is 10.3 Å². The zero-order chi connectivity index (χ0) is 26.2. The number of carbonyl (C=O) groups excluding carboxylic acids is 1. The molecule has 0 fully saturated rings. The van der Waals surface area contributed by atoms with Crippen LogP contribution in [-0.2, 0) is 22.3 Å². The number of allylic oxidation sites excluding steroid dienone is 5. The summed E-state index contributed by atoms with van der Waals surface area (Å²) in [6.45, 7) is 9.98. The maximum absolute atomic E-state index is 13.1. The molecule has 1 aromatic heterocycles. The van der Waals surface area contributed by atoms with Crippen molar-refractivity contribution in [2.24, 2.45) is 0 Å². The molecule has 3 rings (SSSR count). The van der Waals surface area contributed by atoms with Crippen molar-refractivity contribution in [1.29, 1.82) is 0 Å². The summed E-state index contributed by atoms with van der Waals surface area (Å²) in [5.74, 6) is 0.240. The Morgan fingerprint density at radius 2 is 2.03 bits per heavy atom. The number of hydrogen-bond acceptors (Lipinski definition) is 4. The Morgan fingerprint density at radius 3 is 2.69 bits per heavy atom. The smallest absolute Gasteiger partial charge is 0.256 e. The van der Waals surface area contributed by atoms with Gasteiger partial charge >= 0.3 is 0 Å². The van der Waals surface area contributed by atoms with Crippen molar-refractivity contribution >= 4 is 28.5 Å². The zero-order valence-electron chi connectivity index (χ0n) is 21.0. The highest BCUT2D eigenvalue weighted by Crippen LogP contribution is 2.30. The number of nitrogens with one attached hydrogen (secondary N) is 2. The predicted octanol–water partition coefficient (Wildman–Crippen LogP) is 5.00. The van der Waals surface area contributed by atoms with E-state index < -0.39 is 11.0 Å². The molecule has 1 aliphatic rings. The number of fused-ring (bicyclic) bond motifs is 1. The van der Waals surface area contributed by atoms with Gasteiger partial charge in [0.1, 0.15) is 16.8 Å². The lowest BCUT2D eigenvalue weighted by atomic mass is 9.90. The normalized spacial score (nSPS) is 17.0. The first-order chi connectivity index (χ1) is 17.2. The quantitative estimate of drug-likeness (QED) is 0.424. The summed E-state index contributed by atoms with van der Waals surface area (Å²) >= 11 is 6.01. The van der Waals surface area contributed by atoms with E-state index in [2.05, 4.69) is 23.2 Å². The lowest BCUT2D eigenvalue weighted by Gasteiger charge is -2.33. The third-order valence-electron chi connectivity index (χ3n) is 6.15. The summed E-state index contributed by atoms with van der Waals surface area (Å²) in [6.07, 6.45) is 8.05. The topological polar surface area (TPSA) is 95.2 Å². The molecule has 0 bridgehead atoms. The van der Waals surface area contributed by atoms with Gasteiger partial charge in [-0.15, -0.1) is 0 Å². The van der Waals surface area contributed by atoms with Gasteiger partial charge in [-0.3, -0.25) is 9.59 Å². The van der Waals surface area contributed by atoms with Crippen LogP contribution in [-0.4, -0.2) is 38.1 Å². The van der Waals surface area contributed by atoms with Gasteiger partial charge in [-0.05, 0) is 50.6 Å². The lowest BCUT2D eigenvalue weighted by Crippen LogP contribution is -2.45. The number of nitrogens with zero attached hydrogens (tertiary/aromatic N) is 2. The number of hydrogen-bond donors (Lipinski definition) is 2. The highest BCUT2D eigenvalue weighted by atomic mass is 35.5. The van der Waals surface area contributed by atoms with Crippen LogP contribution in [0.25, 0.3) is 11.4 Å². The summed E-state index contributed by atoms with van der Waals surface area (Å²) in [4.78, 5) is 36.1. The van der Waals surface area contributed by atoms with Crippen molar-refractivity contribution in [3.63, 3.8) is 0 Å². The number of carbonyl (C=O) groups is 1. The maximum Gasteiger partial charge on any atom is 0.256 e. The van der Waals surface area contributed by atoms with Crippen molar-refractivity contribution in [1.82, 2.24) is 19.6 Å². The van der Waals surface area contributed by atoms with E-state index in [0.717, 1.165) is 36.1 Å². The molecule has 1 aromatic carbocycles. The van der Waals surface area contributed by atoms with Crippen LogP contribution in [0, 0.1) is 0 Å². The molecule has 2 aromatic rings. The number of aromatic nitrogens is 2. The molecule has 0 spiro atoms. The third kappa shape index (κ3) is 7.12. The molecule has 2 atom stereocenters. The number of benzene rings is 1. The average molecular weight is 529 g/mol. The SMILES string of the molecule is C=C/C(C)=C\C=C(/C)S(=O)NCC(=O)N1Cc2c(nc(-c3ccc(Cl)cc3)[nH]c2=O)C(CCCC)C1. The minimum atomic E-state index is -1.50. The standard InChI is InChI=1S/C27H33ClN4O3S/c1-5-7-8-21-16-32(24(33)15-29-36(35)19(4)10-9-18(3)6-2)17-23-25(21)30-26(31-27(23)34)20-11-13-22(28)14-12-20/h6,9-14,21,29H,2,5,7-8,15-17H2,1,3-4H3,(H,30,31,34)/b18-9-,19-10+. The van der Waals surface area contributed by atoms with E-state index in [1.807, 2.05) is 25.1 Å². The first-order valence-electron chi connectivity index (χ1n) is 12.0. The molecular formula is C27H33ClN4O3S. The molecule has 0 aliphatic carbocycles. The fourth-order valence-electron chi connectivity index (χ4n) is 3.96. The molecule has 2 heterocycles. The van der Waals surface area contributed by atoms with Crippen LogP contribution in [0.1, 0.15) is 57.2 Å². The lowest BCUT2D eigenvalue weighted by molar-refractivity contribution is -0.131.